The number of thiol groups is 1. The first-order chi connectivity index (χ1) is 8.08. The minimum absolute atomic E-state index is 0.100. The third-order valence-corrected chi connectivity index (χ3v) is 3.54. The maximum Gasteiger partial charge on any atom is 0.264 e. The molecule has 2 amide bonds. The van der Waals surface area contributed by atoms with Gasteiger partial charge in [-0.25, -0.2) is 0 Å². The van der Waals surface area contributed by atoms with Crippen LogP contribution in [0.15, 0.2) is 16.3 Å². The number of amides is 2. The highest BCUT2D eigenvalue weighted by atomic mass is 32.1. The summed E-state index contributed by atoms with van der Waals surface area (Å²) >= 11 is 5.52. The molecule has 0 spiro atoms. The van der Waals surface area contributed by atoms with Gasteiger partial charge in [0.05, 0.1) is 11.4 Å². The fourth-order valence-corrected chi connectivity index (χ4v) is 2.48. The summed E-state index contributed by atoms with van der Waals surface area (Å²) in [5, 5.41) is 4.33. The minimum Gasteiger partial charge on any atom is -0.358 e. The summed E-state index contributed by atoms with van der Waals surface area (Å²) in [5.41, 5.74) is 0. The number of likely N-dealkylation sites (N-methyl/N-ethyl adjacent to an activating group) is 1. The van der Waals surface area contributed by atoms with Crippen molar-refractivity contribution < 1.29 is 9.59 Å². The van der Waals surface area contributed by atoms with Crippen molar-refractivity contribution in [3.05, 3.63) is 16.3 Å². The third kappa shape index (κ3) is 4.05. The van der Waals surface area contributed by atoms with Gasteiger partial charge in [-0.3, -0.25) is 9.59 Å². The summed E-state index contributed by atoms with van der Waals surface area (Å²) in [6.07, 6.45) is 0.821. The van der Waals surface area contributed by atoms with E-state index in [-0.39, 0.29) is 18.4 Å². The van der Waals surface area contributed by atoms with Gasteiger partial charge in [0, 0.05) is 23.9 Å². The smallest absolute Gasteiger partial charge is 0.264 e. The van der Waals surface area contributed by atoms with Gasteiger partial charge < -0.3 is 10.2 Å². The normalized spacial score (nSPS) is 10.1. The van der Waals surface area contributed by atoms with Crippen LogP contribution < -0.4 is 5.32 Å². The number of nitrogens with zero attached hydrogens (tertiary/aromatic N) is 1. The average molecular weight is 272 g/mol. The molecule has 0 aromatic carbocycles. The largest absolute Gasteiger partial charge is 0.358 e. The van der Waals surface area contributed by atoms with Gasteiger partial charge in [-0.2, -0.15) is 0 Å². The van der Waals surface area contributed by atoms with Gasteiger partial charge in [0.25, 0.3) is 5.91 Å². The highest BCUT2D eigenvalue weighted by molar-refractivity contribution is 7.80. The standard InChI is InChI=1S/C11H16N2O2S2/c1-3-4-13(6-10(14)12-2)11(15)9-5-8(16)7-17-9/h5,7,16H,3-4,6H2,1-2H3,(H,12,14). The van der Waals surface area contributed by atoms with Crippen LogP contribution in [0.2, 0.25) is 0 Å². The van der Waals surface area contributed by atoms with Crippen molar-refractivity contribution in [1.82, 2.24) is 10.2 Å². The molecule has 0 saturated heterocycles. The van der Waals surface area contributed by atoms with E-state index in [9.17, 15) is 9.59 Å². The van der Waals surface area contributed by atoms with Crippen LogP contribution in [0.5, 0.6) is 0 Å². The van der Waals surface area contributed by atoms with Crippen molar-refractivity contribution in [3.63, 3.8) is 0 Å². The van der Waals surface area contributed by atoms with Crippen LogP contribution in [0, 0.1) is 0 Å². The Morgan fingerprint density at radius 2 is 2.24 bits per heavy atom. The van der Waals surface area contributed by atoms with Crippen LogP contribution in [-0.2, 0) is 4.79 Å². The molecule has 0 aliphatic heterocycles. The Balaban J connectivity index is 2.76. The molecule has 0 fully saturated rings. The molecule has 1 aromatic rings. The Morgan fingerprint density at radius 3 is 2.71 bits per heavy atom. The Kier molecular flexibility index (Phi) is 5.50. The molecule has 0 aliphatic carbocycles. The molecule has 0 unspecified atom stereocenters. The number of nitrogens with one attached hydrogen (secondary N) is 1. The van der Waals surface area contributed by atoms with Crippen LogP contribution in [0.3, 0.4) is 0 Å². The first-order valence-electron chi connectivity index (χ1n) is 5.35. The molecule has 0 bridgehead atoms. The molecule has 1 heterocycles. The Bertz CT molecular complexity index is 404. The summed E-state index contributed by atoms with van der Waals surface area (Å²) < 4.78 is 0. The van der Waals surface area contributed by atoms with E-state index in [2.05, 4.69) is 17.9 Å². The maximum atomic E-state index is 12.1. The SMILES string of the molecule is CCCN(CC(=O)NC)C(=O)c1cc(S)cs1. The molecule has 94 valence electrons. The Morgan fingerprint density at radius 1 is 1.53 bits per heavy atom. The average Bonchev–Trinajstić information content (AvgIpc) is 2.74. The van der Waals surface area contributed by atoms with Crippen molar-refractivity contribution in [3.8, 4) is 0 Å². The van der Waals surface area contributed by atoms with Gasteiger partial charge in [-0.1, -0.05) is 6.92 Å². The Hall–Kier alpha value is -1.01. The molecule has 1 aromatic heterocycles. The number of carbonyl (C=O) groups excluding carboxylic acids is 2. The van der Waals surface area contributed by atoms with Gasteiger partial charge in [-0.05, 0) is 12.5 Å². The van der Waals surface area contributed by atoms with Crippen LogP contribution >= 0.6 is 24.0 Å². The summed E-state index contributed by atoms with van der Waals surface area (Å²) in [5.74, 6) is -0.268. The van der Waals surface area contributed by atoms with E-state index < -0.39 is 0 Å². The minimum atomic E-state index is -0.158. The van der Waals surface area contributed by atoms with E-state index >= 15 is 0 Å². The summed E-state index contributed by atoms with van der Waals surface area (Å²) in [6.45, 7) is 2.65. The van der Waals surface area contributed by atoms with E-state index in [0.29, 0.717) is 11.4 Å². The second kappa shape index (κ2) is 6.66. The monoisotopic (exact) mass is 272 g/mol. The highest BCUT2D eigenvalue weighted by Gasteiger charge is 2.18. The lowest BCUT2D eigenvalue weighted by molar-refractivity contribution is -0.121. The van der Waals surface area contributed by atoms with Gasteiger partial charge >= 0.3 is 0 Å². The van der Waals surface area contributed by atoms with E-state index in [1.165, 1.54) is 11.3 Å². The van der Waals surface area contributed by atoms with Crippen LogP contribution in [-0.4, -0.2) is 36.9 Å². The topological polar surface area (TPSA) is 49.4 Å². The number of carbonyl (C=O) groups is 2. The van der Waals surface area contributed by atoms with E-state index in [4.69, 9.17) is 0 Å². The number of thiophene rings is 1. The lowest BCUT2D eigenvalue weighted by Crippen LogP contribution is -2.39. The molecule has 6 heteroatoms. The van der Waals surface area contributed by atoms with Crippen molar-refractivity contribution in [2.24, 2.45) is 0 Å². The molecule has 1 rings (SSSR count). The molecule has 1 N–H and O–H groups in total. The molecular weight excluding hydrogens is 256 g/mol. The lowest BCUT2D eigenvalue weighted by Gasteiger charge is -2.20. The molecule has 0 aliphatic rings. The zero-order chi connectivity index (χ0) is 12.8. The van der Waals surface area contributed by atoms with Crippen LogP contribution in [0.1, 0.15) is 23.0 Å². The summed E-state index contributed by atoms with van der Waals surface area (Å²) in [7, 11) is 1.56. The first kappa shape index (κ1) is 14.1. The number of hydrogen-bond acceptors (Lipinski definition) is 4. The zero-order valence-electron chi connectivity index (χ0n) is 9.90. The number of hydrogen-bond donors (Lipinski definition) is 2. The van der Waals surface area contributed by atoms with E-state index in [1.54, 1.807) is 23.4 Å². The molecule has 4 nitrogen and oxygen atoms in total. The fourth-order valence-electron chi connectivity index (χ4n) is 1.37. The van der Waals surface area contributed by atoms with Gasteiger partial charge in [-0.15, -0.1) is 24.0 Å². The molecule has 0 atom stereocenters. The van der Waals surface area contributed by atoms with Crippen LogP contribution in [0.4, 0.5) is 0 Å². The van der Waals surface area contributed by atoms with Crippen LogP contribution in [0.25, 0.3) is 0 Å². The van der Waals surface area contributed by atoms with Crippen molar-refractivity contribution >= 4 is 35.8 Å². The predicted octanol–water partition coefficient (Wildman–Crippen LogP) is 1.63. The highest BCUT2D eigenvalue weighted by Crippen LogP contribution is 2.19. The molecule has 0 radical (unpaired) electrons. The zero-order valence-corrected chi connectivity index (χ0v) is 11.6. The summed E-state index contributed by atoms with van der Waals surface area (Å²) in [6, 6.07) is 1.72. The molecule has 0 saturated carbocycles. The number of rotatable bonds is 5. The first-order valence-corrected chi connectivity index (χ1v) is 6.68. The van der Waals surface area contributed by atoms with E-state index in [1.807, 2.05) is 6.92 Å². The second-order valence-electron chi connectivity index (χ2n) is 3.57. The van der Waals surface area contributed by atoms with Crippen molar-refractivity contribution in [1.29, 1.82) is 0 Å². The predicted molar refractivity (Wildman–Crippen MR) is 71.8 cm³/mol. The van der Waals surface area contributed by atoms with Crippen molar-refractivity contribution in [2.75, 3.05) is 20.1 Å². The molecule has 17 heavy (non-hydrogen) atoms. The maximum absolute atomic E-state index is 12.1. The van der Waals surface area contributed by atoms with Gasteiger partial charge in [0.2, 0.25) is 5.91 Å². The summed E-state index contributed by atoms with van der Waals surface area (Å²) in [4.78, 5) is 26.4. The second-order valence-corrected chi connectivity index (χ2v) is 5.00. The third-order valence-electron chi connectivity index (χ3n) is 2.19. The molecular formula is C11H16N2O2S2. The van der Waals surface area contributed by atoms with Gasteiger partial charge in [0.1, 0.15) is 0 Å². The van der Waals surface area contributed by atoms with E-state index in [0.717, 1.165) is 11.3 Å². The Labute approximate surface area is 110 Å². The quantitative estimate of drug-likeness (QED) is 0.801. The fraction of sp³-hybridized carbons (Fsp3) is 0.455. The van der Waals surface area contributed by atoms with Crippen molar-refractivity contribution in [2.45, 2.75) is 18.2 Å². The van der Waals surface area contributed by atoms with Gasteiger partial charge in [0.15, 0.2) is 0 Å². The lowest BCUT2D eigenvalue weighted by atomic mass is 10.3.